The average Bonchev–Trinajstić information content (AvgIpc) is 2.53. The Hall–Kier alpha value is -1.24. The number of carbonyl (C=O) groups excluding carboxylic acids is 1. The summed E-state index contributed by atoms with van der Waals surface area (Å²) < 4.78 is 16.9. The van der Waals surface area contributed by atoms with Crippen molar-refractivity contribution in [2.45, 2.75) is 32.3 Å². The van der Waals surface area contributed by atoms with Gasteiger partial charge in [0.1, 0.15) is 6.61 Å². The Morgan fingerprint density at radius 2 is 2.13 bits per heavy atom. The summed E-state index contributed by atoms with van der Waals surface area (Å²) in [6, 6.07) is 9.61. The maximum absolute atomic E-state index is 11.8. The Kier molecular flexibility index (Phi) is 6.74. The van der Waals surface area contributed by atoms with E-state index in [0.29, 0.717) is 13.2 Å². The van der Waals surface area contributed by atoms with Crippen LogP contribution in [-0.2, 0) is 20.8 Å². The molecule has 5 nitrogen and oxygen atoms in total. The average molecular weight is 339 g/mol. The van der Waals surface area contributed by atoms with E-state index in [0.717, 1.165) is 11.3 Å². The van der Waals surface area contributed by atoms with Crippen LogP contribution in [0.1, 0.15) is 19.4 Å². The summed E-state index contributed by atoms with van der Waals surface area (Å²) >= 11 is 1.73. The van der Waals surface area contributed by atoms with E-state index in [9.17, 15) is 4.79 Å². The second-order valence-corrected chi connectivity index (χ2v) is 6.94. The summed E-state index contributed by atoms with van der Waals surface area (Å²) in [5.41, 5.74) is 0.967. The highest BCUT2D eigenvalue weighted by Crippen LogP contribution is 2.27. The number of rotatable bonds is 6. The van der Waals surface area contributed by atoms with Gasteiger partial charge < -0.3 is 19.5 Å². The van der Waals surface area contributed by atoms with Gasteiger partial charge in [-0.05, 0) is 25.7 Å². The number of amides is 1. The van der Waals surface area contributed by atoms with Gasteiger partial charge in [0.25, 0.3) is 0 Å². The molecular formula is C17H25NO4S. The van der Waals surface area contributed by atoms with Crippen LogP contribution in [0.3, 0.4) is 0 Å². The molecule has 2 rings (SSSR count). The van der Waals surface area contributed by atoms with Gasteiger partial charge in [-0.15, -0.1) is 0 Å². The van der Waals surface area contributed by atoms with Crippen LogP contribution in [0.4, 0.5) is 4.79 Å². The first kappa shape index (κ1) is 18.1. The van der Waals surface area contributed by atoms with Gasteiger partial charge in [-0.25, -0.2) is 4.79 Å². The zero-order valence-corrected chi connectivity index (χ0v) is 14.7. The standard InChI is InChI=1S/C17H25NO4S/c1-17(2)21-11-14(15(22-17)12-23-3)9-18-16(19)20-10-13-7-5-4-6-8-13/h4-8,14-15H,9-12H2,1-3H3,(H,18,19)/t14-,15+/m1/s1. The molecule has 1 heterocycles. The molecule has 1 saturated heterocycles. The van der Waals surface area contributed by atoms with Gasteiger partial charge in [0.2, 0.25) is 0 Å². The van der Waals surface area contributed by atoms with Crippen molar-refractivity contribution in [3.63, 3.8) is 0 Å². The summed E-state index contributed by atoms with van der Waals surface area (Å²) in [5.74, 6) is 0.433. The summed E-state index contributed by atoms with van der Waals surface area (Å²) in [4.78, 5) is 11.8. The van der Waals surface area contributed by atoms with E-state index in [2.05, 4.69) is 5.32 Å². The highest BCUT2D eigenvalue weighted by atomic mass is 32.2. The van der Waals surface area contributed by atoms with Crippen LogP contribution in [0.2, 0.25) is 0 Å². The molecule has 0 radical (unpaired) electrons. The van der Waals surface area contributed by atoms with E-state index in [4.69, 9.17) is 14.2 Å². The molecule has 0 aliphatic carbocycles. The normalized spacial score (nSPS) is 23.3. The van der Waals surface area contributed by atoms with Crippen LogP contribution in [0.15, 0.2) is 30.3 Å². The Labute approximate surface area is 142 Å². The lowest BCUT2D eigenvalue weighted by Gasteiger charge is -2.41. The fourth-order valence-electron chi connectivity index (χ4n) is 2.42. The Morgan fingerprint density at radius 3 is 2.83 bits per heavy atom. The van der Waals surface area contributed by atoms with Gasteiger partial charge in [0, 0.05) is 18.2 Å². The number of hydrogen-bond acceptors (Lipinski definition) is 5. The van der Waals surface area contributed by atoms with E-state index in [1.54, 1.807) is 11.8 Å². The summed E-state index contributed by atoms with van der Waals surface area (Å²) in [7, 11) is 0. The first-order valence-corrected chi connectivity index (χ1v) is 9.15. The number of alkyl carbamates (subject to hydrolysis) is 1. The number of benzene rings is 1. The van der Waals surface area contributed by atoms with Crippen molar-refractivity contribution >= 4 is 17.9 Å². The van der Waals surface area contributed by atoms with Crippen molar-refractivity contribution in [3.8, 4) is 0 Å². The van der Waals surface area contributed by atoms with E-state index >= 15 is 0 Å². The molecule has 1 amide bonds. The van der Waals surface area contributed by atoms with Gasteiger partial charge in [-0.3, -0.25) is 0 Å². The van der Waals surface area contributed by atoms with E-state index in [-0.39, 0.29) is 18.6 Å². The lowest BCUT2D eigenvalue weighted by atomic mass is 10.0. The van der Waals surface area contributed by atoms with Gasteiger partial charge in [-0.2, -0.15) is 11.8 Å². The second-order valence-electron chi connectivity index (χ2n) is 6.03. The molecule has 128 valence electrons. The number of nitrogens with one attached hydrogen (secondary N) is 1. The fourth-order valence-corrected chi connectivity index (χ4v) is 3.09. The molecule has 1 fully saturated rings. The lowest BCUT2D eigenvalue weighted by Crippen LogP contribution is -2.50. The summed E-state index contributed by atoms with van der Waals surface area (Å²) in [5, 5.41) is 2.81. The predicted octanol–water partition coefficient (Wildman–Crippen LogP) is 3.04. The summed E-state index contributed by atoms with van der Waals surface area (Å²) in [6.07, 6.45) is 1.69. The zero-order valence-electron chi connectivity index (χ0n) is 13.9. The van der Waals surface area contributed by atoms with Crippen LogP contribution in [0, 0.1) is 5.92 Å². The van der Waals surface area contributed by atoms with E-state index < -0.39 is 11.9 Å². The van der Waals surface area contributed by atoms with Crippen molar-refractivity contribution in [1.29, 1.82) is 0 Å². The number of carbonyl (C=O) groups is 1. The van der Waals surface area contributed by atoms with Crippen LogP contribution < -0.4 is 5.32 Å². The van der Waals surface area contributed by atoms with Crippen molar-refractivity contribution in [3.05, 3.63) is 35.9 Å². The number of ether oxygens (including phenoxy) is 3. The third-order valence-electron chi connectivity index (χ3n) is 3.66. The minimum Gasteiger partial charge on any atom is -0.445 e. The van der Waals surface area contributed by atoms with E-state index in [1.165, 1.54) is 0 Å². The zero-order chi connectivity index (χ0) is 16.7. The van der Waals surface area contributed by atoms with Crippen molar-refractivity contribution in [2.75, 3.05) is 25.2 Å². The molecule has 1 aromatic carbocycles. The molecule has 2 atom stereocenters. The van der Waals surface area contributed by atoms with Crippen LogP contribution in [0.25, 0.3) is 0 Å². The maximum Gasteiger partial charge on any atom is 0.407 e. The third-order valence-corrected chi connectivity index (χ3v) is 4.32. The molecule has 1 aliphatic heterocycles. The van der Waals surface area contributed by atoms with E-state index in [1.807, 2.05) is 50.4 Å². The first-order chi connectivity index (χ1) is 11.0. The molecule has 6 heteroatoms. The fraction of sp³-hybridized carbons (Fsp3) is 0.588. The molecule has 23 heavy (non-hydrogen) atoms. The molecule has 0 unspecified atom stereocenters. The molecular weight excluding hydrogens is 314 g/mol. The second kappa shape index (κ2) is 8.57. The predicted molar refractivity (Wildman–Crippen MR) is 91.4 cm³/mol. The van der Waals surface area contributed by atoms with Gasteiger partial charge in [0.15, 0.2) is 5.79 Å². The molecule has 1 aromatic rings. The van der Waals surface area contributed by atoms with Crippen LogP contribution >= 0.6 is 11.8 Å². The van der Waals surface area contributed by atoms with Crippen molar-refractivity contribution < 1.29 is 19.0 Å². The SMILES string of the molecule is CSC[C@@H]1OC(C)(C)OC[C@H]1CNC(=O)OCc1ccccc1. The molecule has 0 spiro atoms. The van der Waals surface area contributed by atoms with Crippen LogP contribution in [-0.4, -0.2) is 43.1 Å². The quantitative estimate of drug-likeness (QED) is 0.863. The lowest BCUT2D eigenvalue weighted by molar-refractivity contribution is -0.286. The molecule has 1 aliphatic rings. The summed E-state index contributed by atoms with van der Waals surface area (Å²) in [6.45, 7) is 5.15. The van der Waals surface area contributed by atoms with Gasteiger partial charge in [-0.1, -0.05) is 30.3 Å². The Morgan fingerprint density at radius 1 is 1.39 bits per heavy atom. The van der Waals surface area contributed by atoms with Crippen molar-refractivity contribution in [2.24, 2.45) is 5.92 Å². The number of thioether (sulfide) groups is 1. The molecule has 0 aromatic heterocycles. The minimum absolute atomic E-state index is 0.0585. The molecule has 0 saturated carbocycles. The number of hydrogen-bond donors (Lipinski definition) is 1. The highest BCUT2D eigenvalue weighted by molar-refractivity contribution is 7.98. The third kappa shape index (κ3) is 6.05. The Balaban J connectivity index is 1.76. The highest BCUT2D eigenvalue weighted by Gasteiger charge is 2.36. The maximum atomic E-state index is 11.8. The Bertz CT molecular complexity index is 495. The monoisotopic (exact) mass is 339 g/mol. The van der Waals surface area contributed by atoms with Gasteiger partial charge >= 0.3 is 6.09 Å². The smallest absolute Gasteiger partial charge is 0.407 e. The molecule has 1 N–H and O–H groups in total. The first-order valence-electron chi connectivity index (χ1n) is 7.75. The largest absolute Gasteiger partial charge is 0.445 e. The van der Waals surface area contributed by atoms with Gasteiger partial charge in [0.05, 0.1) is 12.7 Å². The molecule has 0 bridgehead atoms. The van der Waals surface area contributed by atoms with Crippen LogP contribution in [0.5, 0.6) is 0 Å². The topological polar surface area (TPSA) is 56.8 Å². The minimum atomic E-state index is -0.565. The van der Waals surface area contributed by atoms with Crippen molar-refractivity contribution in [1.82, 2.24) is 5.32 Å².